The largest absolute Gasteiger partial charge is 0.337 e. The van der Waals surface area contributed by atoms with Gasteiger partial charge in [-0.2, -0.15) is 0 Å². The van der Waals surface area contributed by atoms with Gasteiger partial charge in [-0.05, 0) is 12.8 Å². The quantitative estimate of drug-likeness (QED) is 0.797. The van der Waals surface area contributed by atoms with Gasteiger partial charge < -0.3 is 10.6 Å². The molecule has 1 aromatic heterocycles. The van der Waals surface area contributed by atoms with Crippen molar-refractivity contribution in [3.8, 4) is 0 Å². The van der Waals surface area contributed by atoms with Crippen LogP contribution < -0.4 is 10.6 Å². The van der Waals surface area contributed by atoms with Gasteiger partial charge in [0, 0.05) is 19.1 Å². The van der Waals surface area contributed by atoms with Crippen LogP contribution in [0, 0.1) is 0 Å². The maximum absolute atomic E-state index is 5.72. The van der Waals surface area contributed by atoms with Crippen LogP contribution in [-0.2, 0) is 0 Å². The summed E-state index contributed by atoms with van der Waals surface area (Å²) in [5.74, 6) is 0.738. The summed E-state index contributed by atoms with van der Waals surface area (Å²) in [5, 5.41) is 0.567. The maximum atomic E-state index is 5.72. The van der Waals surface area contributed by atoms with Crippen molar-refractivity contribution in [2.45, 2.75) is 18.9 Å². The number of halogens is 1. The first-order chi connectivity index (χ1) is 6.81. The van der Waals surface area contributed by atoms with Crippen LogP contribution in [0.15, 0.2) is 12.4 Å². The topological polar surface area (TPSA) is 55.0 Å². The normalized spacial score (nSPS) is 21.6. The molecule has 0 aromatic carbocycles. The molecule has 1 aliphatic heterocycles. The van der Waals surface area contributed by atoms with Gasteiger partial charge in [0.2, 0.25) is 5.95 Å². The Hall–Kier alpha value is -0.870. The summed E-state index contributed by atoms with van der Waals surface area (Å²) in [7, 11) is 0. The van der Waals surface area contributed by atoms with E-state index >= 15 is 0 Å². The van der Waals surface area contributed by atoms with E-state index in [1.54, 1.807) is 12.4 Å². The van der Waals surface area contributed by atoms with E-state index in [2.05, 4.69) is 14.9 Å². The first kappa shape index (κ1) is 9.68. The third kappa shape index (κ3) is 1.81. The van der Waals surface area contributed by atoms with Gasteiger partial charge in [0.25, 0.3) is 0 Å². The van der Waals surface area contributed by atoms with Crippen LogP contribution in [-0.4, -0.2) is 29.1 Å². The van der Waals surface area contributed by atoms with Crippen molar-refractivity contribution in [3.05, 3.63) is 17.4 Å². The second-order valence-electron chi connectivity index (χ2n) is 3.43. The Balaban J connectivity index is 2.17. The molecule has 76 valence electrons. The minimum atomic E-state index is 0.385. The molecule has 2 rings (SSSR count). The van der Waals surface area contributed by atoms with Gasteiger partial charge in [0.1, 0.15) is 0 Å². The minimum absolute atomic E-state index is 0.385. The van der Waals surface area contributed by atoms with E-state index in [0.717, 1.165) is 25.3 Å². The highest BCUT2D eigenvalue weighted by atomic mass is 35.5. The van der Waals surface area contributed by atoms with E-state index in [4.69, 9.17) is 17.3 Å². The summed E-state index contributed by atoms with van der Waals surface area (Å²) in [6, 6.07) is 0.385. The van der Waals surface area contributed by atoms with E-state index < -0.39 is 0 Å². The van der Waals surface area contributed by atoms with Crippen LogP contribution in [0.4, 0.5) is 5.95 Å². The van der Waals surface area contributed by atoms with Gasteiger partial charge in [0.05, 0.1) is 17.4 Å². The first-order valence-corrected chi connectivity index (χ1v) is 5.13. The number of aromatic nitrogens is 2. The van der Waals surface area contributed by atoms with Gasteiger partial charge in [-0.3, -0.25) is 0 Å². The summed E-state index contributed by atoms with van der Waals surface area (Å²) in [4.78, 5) is 10.5. The third-order valence-corrected chi connectivity index (χ3v) is 2.71. The highest BCUT2D eigenvalue weighted by molar-refractivity contribution is 6.30. The standard InChI is InChI=1S/C9H13ClN4/c10-7-5-12-9(13-6-7)14-3-1-2-8(14)4-11/h5-6,8H,1-4,11H2/t8-/m0/s1. The monoisotopic (exact) mass is 212 g/mol. The Labute approximate surface area is 88.1 Å². The van der Waals surface area contributed by atoms with Gasteiger partial charge in [-0.15, -0.1) is 0 Å². The van der Waals surface area contributed by atoms with Gasteiger partial charge >= 0.3 is 0 Å². The summed E-state index contributed by atoms with van der Waals surface area (Å²) in [6.45, 7) is 1.65. The average molecular weight is 213 g/mol. The molecule has 0 spiro atoms. The van der Waals surface area contributed by atoms with Gasteiger partial charge in [-0.1, -0.05) is 11.6 Å². The second-order valence-corrected chi connectivity index (χ2v) is 3.86. The van der Waals surface area contributed by atoms with E-state index in [9.17, 15) is 0 Å². The SMILES string of the molecule is NC[C@@H]1CCCN1c1ncc(Cl)cn1. The Kier molecular flexibility index (Phi) is 2.84. The molecule has 1 saturated heterocycles. The first-order valence-electron chi connectivity index (χ1n) is 4.75. The Bertz CT molecular complexity index is 300. The summed E-state index contributed by atoms with van der Waals surface area (Å²) in [6.07, 6.45) is 5.53. The van der Waals surface area contributed by atoms with Crippen molar-refractivity contribution in [3.63, 3.8) is 0 Å². The van der Waals surface area contributed by atoms with Crippen molar-refractivity contribution in [2.24, 2.45) is 5.73 Å². The fraction of sp³-hybridized carbons (Fsp3) is 0.556. The predicted octanol–water partition coefficient (Wildman–Crippen LogP) is 1.06. The molecule has 14 heavy (non-hydrogen) atoms. The molecule has 0 bridgehead atoms. The lowest BCUT2D eigenvalue weighted by Crippen LogP contribution is -2.36. The molecule has 1 fully saturated rings. The lowest BCUT2D eigenvalue weighted by molar-refractivity contribution is 0.664. The lowest BCUT2D eigenvalue weighted by Gasteiger charge is -2.22. The molecular weight excluding hydrogens is 200 g/mol. The molecule has 4 nitrogen and oxygen atoms in total. The van der Waals surface area contributed by atoms with E-state index in [0.29, 0.717) is 17.6 Å². The summed E-state index contributed by atoms with van der Waals surface area (Å²) < 4.78 is 0. The fourth-order valence-electron chi connectivity index (χ4n) is 1.80. The molecule has 2 N–H and O–H groups in total. The zero-order valence-corrected chi connectivity index (χ0v) is 8.61. The number of rotatable bonds is 2. The van der Waals surface area contributed by atoms with E-state index in [1.807, 2.05) is 0 Å². The highest BCUT2D eigenvalue weighted by Crippen LogP contribution is 2.21. The molecule has 0 aliphatic carbocycles. The smallest absolute Gasteiger partial charge is 0.225 e. The third-order valence-electron chi connectivity index (χ3n) is 2.51. The van der Waals surface area contributed by atoms with Gasteiger partial charge in [-0.25, -0.2) is 9.97 Å². The molecule has 1 aliphatic rings. The molecular formula is C9H13ClN4. The second kappa shape index (κ2) is 4.11. The Morgan fingerprint density at radius 2 is 2.21 bits per heavy atom. The molecule has 0 saturated carbocycles. The van der Waals surface area contributed by atoms with Crippen LogP contribution in [0.25, 0.3) is 0 Å². The van der Waals surface area contributed by atoms with Crippen LogP contribution in [0.1, 0.15) is 12.8 Å². The van der Waals surface area contributed by atoms with Crippen molar-refractivity contribution >= 4 is 17.5 Å². The minimum Gasteiger partial charge on any atom is -0.337 e. The number of nitrogens with zero attached hydrogens (tertiary/aromatic N) is 3. The van der Waals surface area contributed by atoms with E-state index in [-0.39, 0.29) is 0 Å². The zero-order valence-electron chi connectivity index (χ0n) is 7.86. The van der Waals surface area contributed by atoms with Crippen molar-refractivity contribution in [1.29, 1.82) is 0 Å². The van der Waals surface area contributed by atoms with Crippen molar-refractivity contribution in [1.82, 2.24) is 9.97 Å². The summed E-state index contributed by atoms with van der Waals surface area (Å²) >= 11 is 5.72. The van der Waals surface area contributed by atoms with E-state index in [1.165, 1.54) is 0 Å². The zero-order chi connectivity index (χ0) is 9.97. The van der Waals surface area contributed by atoms with Gasteiger partial charge in [0.15, 0.2) is 0 Å². The highest BCUT2D eigenvalue weighted by Gasteiger charge is 2.24. The molecule has 5 heteroatoms. The lowest BCUT2D eigenvalue weighted by atomic mass is 10.2. The van der Waals surface area contributed by atoms with Crippen molar-refractivity contribution < 1.29 is 0 Å². The predicted molar refractivity (Wildman–Crippen MR) is 56.5 cm³/mol. The van der Waals surface area contributed by atoms with Crippen LogP contribution in [0.3, 0.4) is 0 Å². The molecule has 0 unspecified atom stereocenters. The molecule has 0 amide bonds. The fourth-order valence-corrected chi connectivity index (χ4v) is 1.90. The Morgan fingerprint density at radius 1 is 1.50 bits per heavy atom. The molecule has 2 heterocycles. The van der Waals surface area contributed by atoms with Crippen LogP contribution in [0.2, 0.25) is 5.02 Å². The number of anilines is 1. The molecule has 0 radical (unpaired) electrons. The number of hydrogen-bond donors (Lipinski definition) is 1. The number of hydrogen-bond acceptors (Lipinski definition) is 4. The molecule has 1 aromatic rings. The summed E-state index contributed by atoms with van der Waals surface area (Å²) in [5.41, 5.74) is 5.67. The maximum Gasteiger partial charge on any atom is 0.225 e. The Morgan fingerprint density at radius 3 is 2.86 bits per heavy atom. The van der Waals surface area contributed by atoms with Crippen molar-refractivity contribution in [2.75, 3.05) is 18.0 Å². The number of nitrogens with two attached hydrogens (primary N) is 1. The van der Waals surface area contributed by atoms with Crippen LogP contribution >= 0.6 is 11.6 Å². The molecule has 1 atom stereocenters. The average Bonchev–Trinajstić information content (AvgIpc) is 2.67. The van der Waals surface area contributed by atoms with Crippen LogP contribution in [0.5, 0.6) is 0 Å².